The van der Waals surface area contributed by atoms with Gasteiger partial charge in [-0.15, -0.1) is 0 Å². The number of piperidine rings is 1. The molecule has 0 unspecified atom stereocenters. The average molecular weight is 515 g/mol. The van der Waals surface area contributed by atoms with E-state index in [1.54, 1.807) is 66.9 Å². The Morgan fingerprint density at radius 1 is 1.05 bits per heavy atom. The van der Waals surface area contributed by atoms with Gasteiger partial charge in [-0.2, -0.15) is 0 Å². The number of carbonyl (C=O) groups excluding carboxylic acids is 3. The Morgan fingerprint density at radius 3 is 2.47 bits per heavy atom. The van der Waals surface area contributed by atoms with Gasteiger partial charge in [-0.1, -0.05) is 12.1 Å². The highest BCUT2D eigenvalue weighted by atomic mass is 16.5. The van der Waals surface area contributed by atoms with E-state index in [0.717, 1.165) is 12.8 Å². The zero-order chi connectivity index (χ0) is 26.6. The predicted molar refractivity (Wildman–Crippen MR) is 140 cm³/mol. The number of hydrogen-bond donors (Lipinski definition) is 4. The van der Waals surface area contributed by atoms with Gasteiger partial charge >= 0.3 is 0 Å². The second kappa shape index (κ2) is 10.5. The van der Waals surface area contributed by atoms with Gasteiger partial charge < -0.3 is 25.7 Å². The van der Waals surface area contributed by atoms with Crippen LogP contribution in [0.4, 0.5) is 11.9 Å². The molecule has 1 aliphatic rings. The molecule has 0 saturated carbocycles. The van der Waals surface area contributed by atoms with Crippen LogP contribution in [0.15, 0.2) is 54.9 Å². The molecule has 2 aromatic heterocycles. The number of likely N-dealkylation sites (tertiary alicyclic amines) is 1. The number of benzene rings is 2. The van der Waals surface area contributed by atoms with E-state index in [1.165, 1.54) is 0 Å². The lowest BCUT2D eigenvalue weighted by atomic mass is 10.0. The maximum Gasteiger partial charge on any atom is 0.257 e. The molecule has 0 spiro atoms. The zero-order valence-electron chi connectivity index (χ0n) is 20.6. The molecule has 1 saturated heterocycles. The van der Waals surface area contributed by atoms with E-state index in [-0.39, 0.29) is 23.5 Å². The molecule has 3 amide bonds. The first-order chi connectivity index (χ1) is 18.4. The van der Waals surface area contributed by atoms with Gasteiger partial charge in [0.15, 0.2) is 5.75 Å². The maximum atomic E-state index is 13.2. The smallest absolute Gasteiger partial charge is 0.257 e. The lowest BCUT2D eigenvalue weighted by Crippen LogP contribution is -2.42. The monoisotopic (exact) mass is 514 g/mol. The molecule has 1 fully saturated rings. The van der Waals surface area contributed by atoms with Gasteiger partial charge in [0.1, 0.15) is 5.52 Å². The van der Waals surface area contributed by atoms with Crippen molar-refractivity contribution in [1.82, 2.24) is 24.8 Å². The first kappa shape index (κ1) is 24.7. The van der Waals surface area contributed by atoms with Crippen LogP contribution in [-0.2, 0) is 0 Å². The fraction of sp³-hybridized carbons (Fsp3) is 0.231. The number of carbonyl (C=O) groups is 3. The Morgan fingerprint density at radius 2 is 1.76 bits per heavy atom. The van der Waals surface area contributed by atoms with Crippen LogP contribution < -0.4 is 21.1 Å². The topological polar surface area (TPSA) is 168 Å². The molecule has 0 bridgehead atoms. The van der Waals surface area contributed by atoms with Crippen LogP contribution in [0.2, 0.25) is 0 Å². The van der Waals surface area contributed by atoms with Crippen molar-refractivity contribution in [2.75, 3.05) is 30.8 Å². The predicted octanol–water partition coefficient (Wildman–Crippen LogP) is 2.43. The van der Waals surface area contributed by atoms with Crippen LogP contribution in [0, 0.1) is 0 Å². The van der Waals surface area contributed by atoms with Crippen molar-refractivity contribution in [2.24, 2.45) is 5.73 Å². The van der Waals surface area contributed by atoms with Crippen molar-refractivity contribution in [3.63, 3.8) is 0 Å². The molecule has 12 nitrogen and oxygen atoms in total. The number of hydrogen-bond acceptors (Lipinski definition) is 8. The van der Waals surface area contributed by atoms with Crippen LogP contribution in [0.25, 0.3) is 11.0 Å². The first-order valence-corrected chi connectivity index (χ1v) is 12.0. The molecule has 5 rings (SSSR count). The summed E-state index contributed by atoms with van der Waals surface area (Å²) in [6.07, 6.45) is 4.68. The molecule has 4 aromatic rings. The third-order valence-electron chi connectivity index (χ3n) is 6.36. The minimum absolute atomic E-state index is 0.142. The Hall–Kier alpha value is -5.00. The molecule has 38 heavy (non-hydrogen) atoms. The number of aromatic amines is 1. The number of rotatable bonds is 7. The number of nitrogens with zero attached hydrogens (tertiary/aromatic N) is 4. The van der Waals surface area contributed by atoms with Crippen LogP contribution in [0.5, 0.6) is 5.75 Å². The molecule has 2 aromatic carbocycles. The number of aromatic nitrogens is 4. The van der Waals surface area contributed by atoms with E-state index in [9.17, 15) is 14.4 Å². The number of H-pyrrole nitrogens is 1. The third-order valence-corrected chi connectivity index (χ3v) is 6.36. The molecule has 194 valence electrons. The van der Waals surface area contributed by atoms with E-state index >= 15 is 0 Å². The summed E-state index contributed by atoms with van der Waals surface area (Å²) in [6, 6.07) is 11.6. The van der Waals surface area contributed by atoms with Crippen molar-refractivity contribution in [2.45, 2.75) is 18.9 Å². The van der Waals surface area contributed by atoms with E-state index in [1.807, 2.05) is 0 Å². The van der Waals surface area contributed by atoms with Crippen LogP contribution in [0.3, 0.4) is 0 Å². The normalized spacial score (nSPS) is 13.8. The summed E-state index contributed by atoms with van der Waals surface area (Å²) in [5.74, 6) is 0.0764. The van der Waals surface area contributed by atoms with Crippen LogP contribution in [0.1, 0.15) is 43.9 Å². The average Bonchev–Trinajstić information content (AvgIpc) is 3.36. The summed E-state index contributed by atoms with van der Waals surface area (Å²) in [5.41, 5.74) is 7.33. The Bertz CT molecular complexity index is 1490. The Kier molecular flexibility index (Phi) is 6.85. The molecule has 0 atom stereocenters. The number of methoxy groups -OCH3 is 1. The molecule has 0 aliphatic carbocycles. The van der Waals surface area contributed by atoms with Crippen LogP contribution in [-0.4, -0.2) is 68.8 Å². The molecule has 1 aliphatic heterocycles. The minimum Gasteiger partial charge on any atom is -0.494 e. The van der Waals surface area contributed by atoms with Crippen LogP contribution >= 0.6 is 0 Å². The fourth-order valence-electron chi connectivity index (χ4n) is 4.35. The highest BCUT2D eigenvalue weighted by Gasteiger charge is 2.25. The number of anilines is 2. The van der Waals surface area contributed by atoms with Crippen molar-refractivity contribution in [3.8, 4) is 5.75 Å². The number of ether oxygens (including phenoxy) is 1. The lowest BCUT2D eigenvalue weighted by molar-refractivity contribution is 0.0718. The number of imidazole rings is 1. The molecule has 12 heteroatoms. The molecule has 5 N–H and O–H groups in total. The van der Waals surface area contributed by atoms with Gasteiger partial charge in [0.25, 0.3) is 17.7 Å². The van der Waals surface area contributed by atoms with Gasteiger partial charge in [0.05, 0.1) is 30.6 Å². The van der Waals surface area contributed by atoms with Gasteiger partial charge in [0.2, 0.25) is 11.9 Å². The number of amides is 3. The number of para-hydroxylation sites is 1. The van der Waals surface area contributed by atoms with Gasteiger partial charge in [-0.25, -0.2) is 15.0 Å². The number of primary amides is 1. The Balaban J connectivity index is 1.21. The molecule has 3 heterocycles. The summed E-state index contributed by atoms with van der Waals surface area (Å²) in [7, 11) is 1.56. The second-order valence-electron chi connectivity index (χ2n) is 8.84. The summed E-state index contributed by atoms with van der Waals surface area (Å²) < 4.78 is 5.08. The van der Waals surface area contributed by atoms with Crippen molar-refractivity contribution >= 4 is 40.7 Å². The Labute approximate surface area is 217 Å². The van der Waals surface area contributed by atoms with Gasteiger partial charge in [0, 0.05) is 30.3 Å². The molecular weight excluding hydrogens is 488 g/mol. The molecule has 0 radical (unpaired) electrons. The summed E-state index contributed by atoms with van der Waals surface area (Å²) >= 11 is 0. The highest BCUT2D eigenvalue weighted by molar-refractivity contribution is 6.07. The molecular formula is C26H26N8O4. The number of nitrogens with one attached hydrogen (secondary N) is 3. The van der Waals surface area contributed by atoms with E-state index in [4.69, 9.17) is 10.5 Å². The maximum absolute atomic E-state index is 13.2. The first-order valence-electron chi connectivity index (χ1n) is 12.0. The fourth-order valence-corrected chi connectivity index (χ4v) is 4.35. The van der Waals surface area contributed by atoms with Crippen molar-refractivity contribution in [1.29, 1.82) is 0 Å². The summed E-state index contributed by atoms with van der Waals surface area (Å²) in [4.78, 5) is 55.2. The SMILES string of the molecule is COc1cnc(NC2CCN(C(=O)c3cccc(C(=O)Nc4nc5c(C(N)=O)cccc5[nH]4)c3)CC2)nc1. The van der Waals surface area contributed by atoms with E-state index < -0.39 is 11.8 Å². The van der Waals surface area contributed by atoms with Crippen molar-refractivity contribution in [3.05, 3.63) is 71.5 Å². The number of nitrogens with two attached hydrogens (primary N) is 1. The van der Waals surface area contributed by atoms with E-state index in [2.05, 4.69) is 30.6 Å². The van der Waals surface area contributed by atoms with E-state index in [0.29, 0.717) is 46.9 Å². The van der Waals surface area contributed by atoms with Gasteiger partial charge in [-0.05, 0) is 43.2 Å². The lowest BCUT2D eigenvalue weighted by Gasteiger charge is -2.32. The zero-order valence-corrected chi connectivity index (χ0v) is 20.6. The summed E-state index contributed by atoms with van der Waals surface area (Å²) in [5, 5.41) is 5.98. The third kappa shape index (κ3) is 5.24. The summed E-state index contributed by atoms with van der Waals surface area (Å²) in [6.45, 7) is 1.12. The van der Waals surface area contributed by atoms with Crippen molar-refractivity contribution < 1.29 is 19.1 Å². The van der Waals surface area contributed by atoms with Gasteiger partial charge in [-0.3, -0.25) is 19.7 Å². The number of fused-ring (bicyclic) bond motifs is 1. The highest BCUT2D eigenvalue weighted by Crippen LogP contribution is 2.20. The second-order valence-corrected chi connectivity index (χ2v) is 8.84. The quantitative estimate of drug-likeness (QED) is 0.292. The minimum atomic E-state index is -0.611. The standard InChI is InChI=1S/C26H26N8O4/c1-38-18-13-28-25(29-14-18)30-17-8-10-34(11-9-17)24(37)16-5-2-4-15(12-16)23(36)33-26-31-20-7-3-6-19(22(27)35)21(20)32-26/h2-7,12-14,17H,8-11H2,1H3,(H2,27,35)(H,28,29,30)(H2,31,32,33,36). The largest absolute Gasteiger partial charge is 0.494 e.